The highest BCUT2D eigenvalue weighted by Gasteiger charge is 2.30. The van der Waals surface area contributed by atoms with Crippen LogP contribution in [0.2, 0.25) is 5.02 Å². The number of ether oxygens (including phenoxy) is 1. The molecule has 0 fully saturated rings. The van der Waals surface area contributed by atoms with E-state index in [1.807, 2.05) is 0 Å². The van der Waals surface area contributed by atoms with E-state index >= 15 is 0 Å². The van der Waals surface area contributed by atoms with Crippen molar-refractivity contribution in [2.45, 2.75) is 17.9 Å². The summed E-state index contributed by atoms with van der Waals surface area (Å²) in [6.07, 6.45) is 3.76. The molecule has 0 saturated heterocycles. The Morgan fingerprint density at radius 1 is 1.06 bits per heavy atom. The number of carbonyl (C=O) groups is 1. The zero-order valence-electron chi connectivity index (χ0n) is 18.8. The number of amides is 1. The summed E-state index contributed by atoms with van der Waals surface area (Å²) < 4.78 is 58.2. The number of halogens is 1. The van der Waals surface area contributed by atoms with Crippen molar-refractivity contribution in [1.82, 2.24) is 9.97 Å². The van der Waals surface area contributed by atoms with E-state index < -0.39 is 32.0 Å². The Kier molecular flexibility index (Phi) is 7.83. The molecule has 0 aliphatic heterocycles. The number of anilines is 3. The lowest BCUT2D eigenvalue weighted by Gasteiger charge is -2.28. The molecular formula is C21H22ClN5O6S2. The highest BCUT2D eigenvalue weighted by atomic mass is 35.5. The van der Waals surface area contributed by atoms with Crippen molar-refractivity contribution < 1.29 is 26.4 Å². The van der Waals surface area contributed by atoms with Crippen LogP contribution in [0, 0.1) is 0 Å². The van der Waals surface area contributed by atoms with Gasteiger partial charge in [-0.1, -0.05) is 11.6 Å². The zero-order chi connectivity index (χ0) is 25.8. The molecule has 2 aromatic carbocycles. The van der Waals surface area contributed by atoms with Gasteiger partial charge in [0, 0.05) is 18.1 Å². The van der Waals surface area contributed by atoms with E-state index in [9.17, 15) is 21.6 Å². The van der Waals surface area contributed by atoms with E-state index in [0.29, 0.717) is 5.75 Å². The largest absolute Gasteiger partial charge is 0.495 e. The molecule has 0 bridgehead atoms. The minimum Gasteiger partial charge on any atom is -0.495 e. The van der Waals surface area contributed by atoms with Gasteiger partial charge in [0.25, 0.3) is 10.0 Å². The number of aromatic nitrogens is 2. The second kappa shape index (κ2) is 10.5. The van der Waals surface area contributed by atoms with Crippen molar-refractivity contribution >= 4 is 54.9 Å². The third kappa shape index (κ3) is 6.38. The lowest BCUT2D eigenvalue weighted by atomic mass is 10.2. The Hall–Kier alpha value is -3.42. The third-order valence-corrected chi connectivity index (χ3v) is 7.58. The van der Waals surface area contributed by atoms with Crippen LogP contribution in [0.1, 0.15) is 6.92 Å². The molecule has 0 saturated carbocycles. The van der Waals surface area contributed by atoms with Gasteiger partial charge in [-0.05, 0) is 55.5 Å². The lowest BCUT2D eigenvalue weighted by molar-refractivity contribution is -0.116. The number of hydrogen-bond acceptors (Lipinski definition) is 8. The van der Waals surface area contributed by atoms with Gasteiger partial charge in [-0.2, -0.15) is 0 Å². The number of sulfonamides is 2. The number of nitrogens with zero attached hydrogens (tertiary/aromatic N) is 3. The minimum absolute atomic E-state index is 0.0818. The van der Waals surface area contributed by atoms with Crippen LogP contribution < -0.4 is 19.1 Å². The highest BCUT2D eigenvalue weighted by Crippen LogP contribution is 2.31. The average Bonchev–Trinajstić information content (AvgIpc) is 2.79. The predicted molar refractivity (Wildman–Crippen MR) is 133 cm³/mol. The van der Waals surface area contributed by atoms with Crippen LogP contribution in [0.4, 0.5) is 17.3 Å². The Morgan fingerprint density at radius 2 is 1.69 bits per heavy atom. The second-order valence-electron chi connectivity index (χ2n) is 7.25. The molecule has 0 aliphatic rings. The fourth-order valence-electron chi connectivity index (χ4n) is 3.10. The first-order valence-corrected chi connectivity index (χ1v) is 13.7. The number of carbonyl (C=O) groups excluding carboxylic acids is 1. The monoisotopic (exact) mass is 539 g/mol. The lowest BCUT2D eigenvalue weighted by Crippen LogP contribution is -2.45. The maximum absolute atomic E-state index is 12.9. The van der Waals surface area contributed by atoms with Gasteiger partial charge in [0.1, 0.15) is 11.8 Å². The van der Waals surface area contributed by atoms with Gasteiger partial charge < -0.3 is 10.1 Å². The van der Waals surface area contributed by atoms with Crippen molar-refractivity contribution in [3.8, 4) is 5.75 Å². The molecule has 3 rings (SSSR count). The average molecular weight is 540 g/mol. The van der Waals surface area contributed by atoms with Gasteiger partial charge in [0.15, 0.2) is 0 Å². The van der Waals surface area contributed by atoms with E-state index in [1.165, 1.54) is 68.9 Å². The number of methoxy groups -OCH3 is 1. The maximum atomic E-state index is 12.9. The quantitative estimate of drug-likeness (QED) is 0.421. The molecule has 11 nitrogen and oxygen atoms in total. The van der Waals surface area contributed by atoms with E-state index in [0.717, 1.165) is 10.6 Å². The highest BCUT2D eigenvalue weighted by molar-refractivity contribution is 7.92. The summed E-state index contributed by atoms with van der Waals surface area (Å²) >= 11 is 6.13. The van der Waals surface area contributed by atoms with Crippen molar-refractivity contribution in [1.29, 1.82) is 0 Å². The van der Waals surface area contributed by atoms with Gasteiger partial charge in [0.05, 0.1) is 29.0 Å². The molecule has 1 amide bonds. The van der Waals surface area contributed by atoms with Crippen molar-refractivity contribution in [3.05, 3.63) is 65.9 Å². The van der Waals surface area contributed by atoms with Crippen LogP contribution in [-0.4, -0.2) is 52.1 Å². The fourth-order valence-corrected chi connectivity index (χ4v) is 5.47. The summed E-state index contributed by atoms with van der Waals surface area (Å²) in [5.74, 6) is -0.378. The van der Waals surface area contributed by atoms with Crippen LogP contribution in [0.25, 0.3) is 0 Å². The van der Waals surface area contributed by atoms with Gasteiger partial charge in [-0.25, -0.2) is 31.5 Å². The molecule has 0 spiro atoms. The SMILES string of the molecule is COc1ccc(N(C(C)C(=O)Nc2ccc(S(=O)(=O)Nc3ncccn3)cc2)S(C)(=O)=O)cc1Cl. The third-order valence-electron chi connectivity index (χ3n) is 4.70. The van der Waals surface area contributed by atoms with E-state index in [-0.39, 0.29) is 27.2 Å². The van der Waals surface area contributed by atoms with Crippen LogP contribution >= 0.6 is 11.6 Å². The summed E-state index contributed by atoms with van der Waals surface area (Å²) in [7, 11) is -6.40. The summed E-state index contributed by atoms with van der Waals surface area (Å²) in [6.45, 7) is 1.41. The molecule has 2 N–H and O–H groups in total. The topological polar surface area (TPSA) is 148 Å². The first-order chi connectivity index (χ1) is 16.4. The van der Waals surface area contributed by atoms with Gasteiger partial charge >= 0.3 is 0 Å². The predicted octanol–water partition coefficient (Wildman–Crippen LogP) is 2.73. The fraction of sp³-hybridized carbons (Fsp3) is 0.190. The minimum atomic E-state index is -3.95. The summed E-state index contributed by atoms with van der Waals surface area (Å²) in [5.41, 5.74) is 0.439. The number of rotatable bonds is 9. The van der Waals surface area contributed by atoms with E-state index in [4.69, 9.17) is 16.3 Å². The van der Waals surface area contributed by atoms with Crippen LogP contribution in [-0.2, 0) is 24.8 Å². The smallest absolute Gasteiger partial charge is 0.264 e. The van der Waals surface area contributed by atoms with Crippen molar-refractivity contribution in [2.24, 2.45) is 0 Å². The second-order valence-corrected chi connectivity index (χ2v) is 11.2. The zero-order valence-corrected chi connectivity index (χ0v) is 21.2. The number of nitrogens with one attached hydrogen (secondary N) is 2. The van der Waals surface area contributed by atoms with Gasteiger partial charge in [-0.3, -0.25) is 9.10 Å². The molecule has 0 aliphatic carbocycles. The van der Waals surface area contributed by atoms with E-state index in [1.54, 1.807) is 6.07 Å². The molecule has 186 valence electrons. The molecule has 1 heterocycles. The Morgan fingerprint density at radius 3 is 2.23 bits per heavy atom. The molecule has 1 atom stereocenters. The molecular weight excluding hydrogens is 518 g/mol. The summed E-state index contributed by atoms with van der Waals surface area (Å²) in [4.78, 5) is 20.4. The first kappa shape index (κ1) is 26.2. The standard InChI is InChI=1S/C21H22ClN5O6S2/c1-14(27(34(3,29)30)16-7-10-19(33-2)18(22)13-16)20(28)25-15-5-8-17(9-6-15)35(31,32)26-21-23-11-4-12-24-21/h4-14H,1-3H3,(H,25,28)(H,23,24,26). The summed E-state index contributed by atoms with van der Waals surface area (Å²) in [6, 6.07) is 10.0. The van der Waals surface area contributed by atoms with Crippen LogP contribution in [0.5, 0.6) is 5.75 Å². The van der Waals surface area contributed by atoms with Crippen molar-refractivity contribution in [3.63, 3.8) is 0 Å². The molecule has 3 aromatic rings. The Labute approximate surface area is 208 Å². The van der Waals surface area contributed by atoms with Crippen molar-refractivity contribution in [2.75, 3.05) is 27.7 Å². The first-order valence-electron chi connectivity index (χ1n) is 9.96. The summed E-state index contributed by atoms with van der Waals surface area (Å²) in [5, 5.41) is 2.77. The van der Waals surface area contributed by atoms with E-state index in [2.05, 4.69) is 20.0 Å². The Balaban J connectivity index is 1.78. The Bertz CT molecular complexity index is 1420. The maximum Gasteiger partial charge on any atom is 0.264 e. The molecule has 1 unspecified atom stereocenters. The molecule has 14 heteroatoms. The molecule has 0 radical (unpaired) electrons. The van der Waals surface area contributed by atoms with Crippen LogP contribution in [0.3, 0.4) is 0 Å². The normalized spacial score (nSPS) is 12.5. The number of benzene rings is 2. The number of hydrogen-bond donors (Lipinski definition) is 2. The molecule has 1 aromatic heterocycles. The molecule has 35 heavy (non-hydrogen) atoms. The van der Waals surface area contributed by atoms with Crippen LogP contribution in [0.15, 0.2) is 65.8 Å². The van der Waals surface area contributed by atoms with Gasteiger partial charge in [0.2, 0.25) is 21.9 Å². The van der Waals surface area contributed by atoms with Gasteiger partial charge in [-0.15, -0.1) is 0 Å².